The Morgan fingerprint density at radius 3 is 3.06 bits per heavy atom. The van der Waals surface area contributed by atoms with Crippen molar-refractivity contribution in [1.29, 1.82) is 0 Å². The van der Waals surface area contributed by atoms with Gasteiger partial charge in [-0.05, 0) is 56.6 Å². The Bertz CT molecular complexity index is 449. The molecule has 4 N–H and O–H groups in total. The predicted octanol–water partition coefficient (Wildman–Crippen LogP) is 1.43. The summed E-state index contributed by atoms with van der Waals surface area (Å²) in [7, 11) is 0. The van der Waals surface area contributed by atoms with E-state index in [2.05, 4.69) is 33.5 Å². The van der Waals surface area contributed by atoms with Crippen molar-refractivity contribution in [2.75, 3.05) is 19.6 Å². The van der Waals surface area contributed by atoms with E-state index in [-0.39, 0.29) is 0 Å². The van der Waals surface area contributed by atoms with Crippen LogP contribution in [0.2, 0.25) is 0 Å². The first-order chi connectivity index (χ1) is 8.40. The molecule has 0 radical (unpaired) electrons. The van der Waals surface area contributed by atoms with Crippen molar-refractivity contribution < 1.29 is 0 Å². The highest BCUT2D eigenvalue weighted by atomic mass is 14.9. The van der Waals surface area contributed by atoms with E-state index >= 15 is 0 Å². The molecule has 4 nitrogen and oxygen atoms in total. The fourth-order valence-corrected chi connectivity index (χ4v) is 1.89. The van der Waals surface area contributed by atoms with Gasteiger partial charge < -0.3 is 16.0 Å². The van der Waals surface area contributed by atoms with Crippen LogP contribution in [0, 0.1) is 0 Å². The number of unbranched alkanes of at least 4 members (excludes halogenated alkanes) is 1. The number of imidazole rings is 1. The van der Waals surface area contributed by atoms with E-state index in [1.807, 2.05) is 0 Å². The molecule has 1 aromatic carbocycles. The second-order valence-electron chi connectivity index (χ2n) is 4.25. The second kappa shape index (κ2) is 6.37. The van der Waals surface area contributed by atoms with Gasteiger partial charge in [-0.1, -0.05) is 6.07 Å². The maximum Gasteiger partial charge on any atom is 0.0931 e. The van der Waals surface area contributed by atoms with Gasteiger partial charge in [0.05, 0.1) is 17.4 Å². The second-order valence-corrected chi connectivity index (χ2v) is 4.25. The topological polar surface area (TPSA) is 66.7 Å². The number of aromatic nitrogens is 2. The highest BCUT2D eigenvalue weighted by Gasteiger charge is 1.98. The van der Waals surface area contributed by atoms with Gasteiger partial charge in [-0.25, -0.2) is 4.98 Å². The third-order valence-electron chi connectivity index (χ3n) is 2.88. The molecular weight excluding hydrogens is 212 g/mol. The molecule has 0 spiro atoms. The number of nitrogens with zero attached hydrogens (tertiary/aromatic N) is 1. The summed E-state index contributed by atoms with van der Waals surface area (Å²) >= 11 is 0. The average Bonchev–Trinajstić information content (AvgIpc) is 2.81. The van der Waals surface area contributed by atoms with Crippen molar-refractivity contribution in [2.45, 2.75) is 19.3 Å². The Labute approximate surface area is 102 Å². The lowest BCUT2D eigenvalue weighted by Gasteiger charge is -2.04. The molecule has 0 aliphatic carbocycles. The predicted molar refractivity (Wildman–Crippen MR) is 71.0 cm³/mol. The summed E-state index contributed by atoms with van der Waals surface area (Å²) in [5, 5.41) is 3.43. The first-order valence-corrected chi connectivity index (χ1v) is 6.23. The highest BCUT2D eigenvalue weighted by molar-refractivity contribution is 5.74. The molecule has 0 saturated heterocycles. The standard InChI is InChI=1S/C13H20N4/c14-6-1-2-7-15-8-5-11-3-4-12-13(9-11)17-10-16-12/h3-4,9-10,15H,1-2,5-8,14H2,(H,16,17). The quantitative estimate of drug-likeness (QED) is 0.633. The van der Waals surface area contributed by atoms with Gasteiger partial charge in [0, 0.05) is 0 Å². The number of nitrogens with two attached hydrogens (primary N) is 1. The minimum absolute atomic E-state index is 0.790. The third kappa shape index (κ3) is 3.54. The molecule has 0 atom stereocenters. The van der Waals surface area contributed by atoms with Crippen LogP contribution < -0.4 is 11.1 Å². The molecule has 2 rings (SSSR count). The Hall–Kier alpha value is -1.39. The number of hydrogen-bond acceptors (Lipinski definition) is 3. The number of benzene rings is 1. The van der Waals surface area contributed by atoms with E-state index in [1.54, 1.807) is 6.33 Å². The molecule has 4 heteroatoms. The Kier molecular flexibility index (Phi) is 4.53. The fourth-order valence-electron chi connectivity index (χ4n) is 1.89. The maximum atomic E-state index is 5.44. The maximum absolute atomic E-state index is 5.44. The van der Waals surface area contributed by atoms with Crippen LogP contribution in [0.5, 0.6) is 0 Å². The van der Waals surface area contributed by atoms with Crippen LogP contribution in [0.4, 0.5) is 0 Å². The number of H-pyrrole nitrogens is 1. The van der Waals surface area contributed by atoms with Gasteiger partial charge in [-0.15, -0.1) is 0 Å². The van der Waals surface area contributed by atoms with Gasteiger partial charge in [0.25, 0.3) is 0 Å². The molecule has 17 heavy (non-hydrogen) atoms. The van der Waals surface area contributed by atoms with Gasteiger partial charge in [-0.3, -0.25) is 0 Å². The molecule has 0 aliphatic rings. The van der Waals surface area contributed by atoms with Crippen LogP contribution in [0.25, 0.3) is 11.0 Å². The number of fused-ring (bicyclic) bond motifs is 1. The van der Waals surface area contributed by atoms with Crippen LogP contribution in [0.1, 0.15) is 18.4 Å². The van der Waals surface area contributed by atoms with Gasteiger partial charge in [-0.2, -0.15) is 0 Å². The van der Waals surface area contributed by atoms with Gasteiger partial charge >= 0.3 is 0 Å². The smallest absolute Gasteiger partial charge is 0.0931 e. The Balaban J connectivity index is 1.75. The van der Waals surface area contributed by atoms with Gasteiger partial charge in [0.15, 0.2) is 0 Å². The molecule has 92 valence electrons. The van der Waals surface area contributed by atoms with E-state index < -0.39 is 0 Å². The van der Waals surface area contributed by atoms with E-state index in [0.29, 0.717) is 0 Å². The van der Waals surface area contributed by atoms with Crippen LogP contribution in [0.15, 0.2) is 24.5 Å². The monoisotopic (exact) mass is 232 g/mol. The lowest BCUT2D eigenvalue weighted by Crippen LogP contribution is -2.19. The van der Waals surface area contributed by atoms with Crippen molar-refractivity contribution >= 4 is 11.0 Å². The molecule has 0 aliphatic heterocycles. The lowest BCUT2D eigenvalue weighted by molar-refractivity contribution is 0.627. The summed E-state index contributed by atoms with van der Waals surface area (Å²) in [5.41, 5.74) is 8.93. The average molecular weight is 232 g/mol. The van der Waals surface area contributed by atoms with Crippen LogP contribution in [0.3, 0.4) is 0 Å². The van der Waals surface area contributed by atoms with E-state index in [4.69, 9.17) is 5.73 Å². The summed E-state index contributed by atoms with van der Waals surface area (Å²) in [4.78, 5) is 7.34. The summed E-state index contributed by atoms with van der Waals surface area (Å²) in [6.45, 7) is 2.87. The minimum Gasteiger partial charge on any atom is -0.345 e. The van der Waals surface area contributed by atoms with Crippen LogP contribution in [-0.4, -0.2) is 29.6 Å². The van der Waals surface area contributed by atoms with E-state index in [9.17, 15) is 0 Å². The lowest BCUT2D eigenvalue weighted by atomic mass is 10.1. The van der Waals surface area contributed by atoms with Crippen molar-refractivity contribution in [3.05, 3.63) is 30.1 Å². The van der Waals surface area contributed by atoms with Gasteiger partial charge in [0.2, 0.25) is 0 Å². The summed E-state index contributed by atoms with van der Waals surface area (Å²) in [6.07, 6.45) is 5.06. The number of aromatic amines is 1. The zero-order valence-electron chi connectivity index (χ0n) is 10.1. The van der Waals surface area contributed by atoms with Crippen LogP contribution in [-0.2, 0) is 6.42 Å². The number of rotatable bonds is 7. The van der Waals surface area contributed by atoms with Crippen molar-refractivity contribution in [3.63, 3.8) is 0 Å². The third-order valence-corrected chi connectivity index (χ3v) is 2.88. The Morgan fingerprint density at radius 2 is 2.18 bits per heavy atom. The molecule has 0 bridgehead atoms. The Morgan fingerprint density at radius 1 is 1.24 bits per heavy atom. The molecule has 0 amide bonds. The zero-order valence-corrected chi connectivity index (χ0v) is 10.1. The first-order valence-electron chi connectivity index (χ1n) is 6.23. The summed E-state index contributed by atoms with van der Waals surface area (Å²) in [5.74, 6) is 0. The summed E-state index contributed by atoms with van der Waals surface area (Å²) < 4.78 is 0. The molecule has 1 aromatic heterocycles. The molecule has 2 aromatic rings. The highest BCUT2D eigenvalue weighted by Crippen LogP contribution is 2.11. The molecule has 0 saturated carbocycles. The minimum atomic E-state index is 0.790. The summed E-state index contributed by atoms with van der Waals surface area (Å²) in [6, 6.07) is 6.38. The van der Waals surface area contributed by atoms with Crippen molar-refractivity contribution in [1.82, 2.24) is 15.3 Å². The SMILES string of the molecule is NCCCCNCCc1ccc2nc[nH]c2c1. The van der Waals surface area contributed by atoms with Gasteiger partial charge in [0.1, 0.15) is 0 Å². The van der Waals surface area contributed by atoms with E-state index in [1.165, 1.54) is 5.56 Å². The molecule has 0 fully saturated rings. The van der Waals surface area contributed by atoms with Crippen LogP contribution >= 0.6 is 0 Å². The number of nitrogens with one attached hydrogen (secondary N) is 2. The molecule has 1 heterocycles. The normalized spacial score (nSPS) is 11.1. The van der Waals surface area contributed by atoms with Crippen molar-refractivity contribution in [3.8, 4) is 0 Å². The molecule has 0 unspecified atom stereocenters. The fraction of sp³-hybridized carbons (Fsp3) is 0.462. The molecular formula is C13H20N4. The number of hydrogen-bond donors (Lipinski definition) is 3. The van der Waals surface area contributed by atoms with E-state index in [0.717, 1.165) is 49.9 Å². The largest absolute Gasteiger partial charge is 0.345 e. The van der Waals surface area contributed by atoms with Crippen molar-refractivity contribution in [2.24, 2.45) is 5.73 Å². The first kappa shape index (κ1) is 12.1. The zero-order chi connectivity index (χ0) is 11.9.